The van der Waals surface area contributed by atoms with Gasteiger partial charge in [0.1, 0.15) is 0 Å². The molecule has 0 aliphatic carbocycles. The van der Waals surface area contributed by atoms with Crippen LogP contribution in [0.2, 0.25) is 0 Å². The summed E-state index contributed by atoms with van der Waals surface area (Å²) in [4.78, 5) is 0. The molecule has 0 saturated carbocycles. The quantitative estimate of drug-likeness (QED) is 0.773. The number of nitrogens with one attached hydrogen (secondary N) is 1. The van der Waals surface area contributed by atoms with Crippen LogP contribution in [0.3, 0.4) is 0 Å². The van der Waals surface area contributed by atoms with Crippen LogP contribution in [0.5, 0.6) is 5.88 Å². The van der Waals surface area contributed by atoms with Crippen LogP contribution in [0.4, 0.5) is 0 Å². The summed E-state index contributed by atoms with van der Waals surface area (Å²) in [6.07, 6.45) is 0.971. The highest BCUT2D eigenvalue weighted by Crippen LogP contribution is 2.19. The van der Waals surface area contributed by atoms with Crippen LogP contribution in [0.25, 0.3) is 0 Å². The van der Waals surface area contributed by atoms with Crippen molar-refractivity contribution in [1.29, 1.82) is 0 Å². The second-order valence-corrected chi connectivity index (χ2v) is 4.81. The van der Waals surface area contributed by atoms with Crippen LogP contribution in [0.1, 0.15) is 32.9 Å². The summed E-state index contributed by atoms with van der Waals surface area (Å²) in [7, 11) is 1.93. The predicted molar refractivity (Wildman–Crippen MR) is 64.8 cm³/mol. The smallest absolute Gasteiger partial charge is 0.233 e. The Kier molecular flexibility index (Phi) is 4.68. The zero-order valence-electron chi connectivity index (χ0n) is 10.6. The molecule has 16 heavy (non-hydrogen) atoms. The Bertz CT molecular complexity index is 303. The van der Waals surface area contributed by atoms with E-state index in [2.05, 4.69) is 36.3 Å². The molecular formula is C12H21N3O. The lowest BCUT2D eigenvalue weighted by Crippen LogP contribution is -2.15. The Morgan fingerprint density at radius 2 is 2.00 bits per heavy atom. The molecule has 0 bridgehead atoms. The van der Waals surface area contributed by atoms with Crippen molar-refractivity contribution in [3.05, 3.63) is 17.8 Å². The van der Waals surface area contributed by atoms with Gasteiger partial charge >= 0.3 is 0 Å². The van der Waals surface area contributed by atoms with Gasteiger partial charge in [-0.05, 0) is 26.1 Å². The van der Waals surface area contributed by atoms with E-state index >= 15 is 0 Å². The maximum atomic E-state index is 5.46. The molecule has 0 fully saturated rings. The number of hydrogen-bond acceptors (Lipinski definition) is 4. The molecule has 0 aromatic carbocycles. The molecule has 1 aromatic rings. The second kappa shape index (κ2) is 5.80. The highest BCUT2D eigenvalue weighted by Gasteiger charge is 2.15. The molecular weight excluding hydrogens is 202 g/mol. The number of aromatic nitrogens is 2. The van der Waals surface area contributed by atoms with Crippen LogP contribution < -0.4 is 10.1 Å². The fourth-order valence-corrected chi connectivity index (χ4v) is 1.22. The van der Waals surface area contributed by atoms with Crippen molar-refractivity contribution in [2.45, 2.75) is 32.6 Å². The molecule has 4 heteroatoms. The maximum absolute atomic E-state index is 5.46. The summed E-state index contributed by atoms with van der Waals surface area (Å²) >= 11 is 0. The van der Waals surface area contributed by atoms with Gasteiger partial charge in [0.25, 0.3) is 0 Å². The predicted octanol–water partition coefficient (Wildman–Crippen LogP) is 1.76. The minimum atomic E-state index is 0.0393. The van der Waals surface area contributed by atoms with E-state index in [0.717, 1.165) is 18.7 Å². The van der Waals surface area contributed by atoms with Gasteiger partial charge in [0, 0.05) is 11.5 Å². The lowest BCUT2D eigenvalue weighted by molar-refractivity contribution is 0.293. The first-order chi connectivity index (χ1) is 7.54. The Morgan fingerprint density at radius 1 is 1.25 bits per heavy atom. The molecule has 1 N–H and O–H groups in total. The molecule has 0 atom stereocenters. The van der Waals surface area contributed by atoms with Crippen LogP contribution in [-0.2, 0) is 5.41 Å². The molecule has 0 aliphatic heterocycles. The number of hydrogen-bond donors (Lipinski definition) is 1. The van der Waals surface area contributed by atoms with Gasteiger partial charge in [-0.25, -0.2) is 0 Å². The van der Waals surface area contributed by atoms with Crippen LogP contribution in [-0.4, -0.2) is 30.4 Å². The Hall–Kier alpha value is -1.16. The summed E-state index contributed by atoms with van der Waals surface area (Å²) in [6, 6.07) is 3.85. The van der Waals surface area contributed by atoms with E-state index in [1.807, 2.05) is 19.2 Å². The monoisotopic (exact) mass is 223 g/mol. The summed E-state index contributed by atoms with van der Waals surface area (Å²) in [5.74, 6) is 0.601. The lowest BCUT2D eigenvalue weighted by atomic mass is 9.92. The highest BCUT2D eigenvalue weighted by molar-refractivity contribution is 5.16. The van der Waals surface area contributed by atoms with Crippen molar-refractivity contribution in [3.63, 3.8) is 0 Å². The van der Waals surface area contributed by atoms with E-state index in [9.17, 15) is 0 Å². The van der Waals surface area contributed by atoms with Crippen molar-refractivity contribution >= 4 is 0 Å². The zero-order chi connectivity index (χ0) is 12.0. The average Bonchev–Trinajstić information content (AvgIpc) is 2.24. The third-order valence-electron chi connectivity index (χ3n) is 2.23. The normalized spacial score (nSPS) is 11.5. The third-order valence-corrected chi connectivity index (χ3v) is 2.23. The summed E-state index contributed by atoms with van der Waals surface area (Å²) in [5, 5.41) is 11.3. The van der Waals surface area contributed by atoms with Gasteiger partial charge < -0.3 is 10.1 Å². The number of ether oxygens (including phenoxy) is 1. The molecule has 1 aromatic heterocycles. The first-order valence-electron chi connectivity index (χ1n) is 5.65. The first-order valence-corrected chi connectivity index (χ1v) is 5.65. The molecule has 0 aliphatic rings. The van der Waals surface area contributed by atoms with Gasteiger partial charge in [0.2, 0.25) is 5.88 Å². The lowest BCUT2D eigenvalue weighted by Gasteiger charge is -2.16. The fourth-order valence-electron chi connectivity index (χ4n) is 1.22. The molecule has 0 radical (unpaired) electrons. The molecule has 0 unspecified atom stereocenters. The van der Waals surface area contributed by atoms with Crippen LogP contribution >= 0.6 is 0 Å². The molecule has 0 saturated heterocycles. The number of nitrogens with zero attached hydrogens (tertiary/aromatic N) is 2. The van der Waals surface area contributed by atoms with Crippen molar-refractivity contribution in [2.24, 2.45) is 0 Å². The van der Waals surface area contributed by atoms with Crippen molar-refractivity contribution in [2.75, 3.05) is 20.2 Å². The SMILES string of the molecule is CNCCCOc1ccc(C(C)(C)C)nn1. The Labute approximate surface area is 97.4 Å². The van der Waals surface area contributed by atoms with Crippen molar-refractivity contribution < 1.29 is 4.74 Å². The first kappa shape index (κ1) is 12.9. The Balaban J connectivity index is 2.46. The van der Waals surface area contributed by atoms with E-state index in [-0.39, 0.29) is 5.41 Å². The van der Waals surface area contributed by atoms with Gasteiger partial charge in [0.05, 0.1) is 12.3 Å². The third kappa shape index (κ3) is 4.14. The summed E-state index contributed by atoms with van der Waals surface area (Å²) < 4.78 is 5.46. The van der Waals surface area contributed by atoms with Gasteiger partial charge in [-0.3, -0.25) is 0 Å². The molecule has 90 valence electrons. The van der Waals surface area contributed by atoms with E-state index in [0.29, 0.717) is 12.5 Å². The van der Waals surface area contributed by atoms with Crippen molar-refractivity contribution in [3.8, 4) is 5.88 Å². The minimum Gasteiger partial charge on any atom is -0.477 e. The van der Waals surface area contributed by atoms with Crippen LogP contribution in [0.15, 0.2) is 12.1 Å². The summed E-state index contributed by atoms with van der Waals surface area (Å²) in [6.45, 7) is 7.97. The van der Waals surface area contributed by atoms with E-state index < -0.39 is 0 Å². The van der Waals surface area contributed by atoms with Gasteiger partial charge in [-0.2, -0.15) is 5.10 Å². The molecule has 1 heterocycles. The molecule has 0 amide bonds. The van der Waals surface area contributed by atoms with Crippen LogP contribution in [0, 0.1) is 0 Å². The number of rotatable bonds is 5. The van der Waals surface area contributed by atoms with Gasteiger partial charge in [-0.15, -0.1) is 5.10 Å². The second-order valence-electron chi connectivity index (χ2n) is 4.81. The molecule has 4 nitrogen and oxygen atoms in total. The highest BCUT2D eigenvalue weighted by atomic mass is 16.5. The zero-order valence-corrected chi connectivity index (χ0v) is 10.6. The van der Waals surface area contributed by atoms with Gasteiger partial charge in [-0.1, -0.05) is 20.8 Å². The summed E-state index contributed by atoms with van der Waals surface area (Å²) in [5.41, 5.74) is 1.02. The van der Waals surface area contributed by atoms with Crippen molar-refractivity contribution in [1.82, 2.24) is 15.5 Å². The van der Waals surface area contributed by atoms with E-state index in [4.69, 9.17) is 4.74 Å². The topological polar surface area (TPSA) is 47.0 Å². The van der Waals surface area contributed by atoms with E-state index in [1.165, 1.54) is 0 Å². The average molecular weight is 223 g/mol. The van der Waals surface area contributed by atoms with Gasteiger partial charge in [0.15, 0.2) is 0 Å². The fraction of sp³-hybridized carbons (Fsp3) is 0.667. The van der Waals surface area contributed by atoms with E-state index in [1.54, 1.807) is 0 Å². The largest absolute Gasteiger partial charge is 0.477 e. The maximum Gasteiger partial charge on any atom is 0.233 e. The minimum absolute atomic E-state index is 0.0393. The Morgan fingerprint density at radius 3 is 2.50 bits per heavy atom. The standard InChI is InChI=1S/C12H21N3O/c1-12(2,3)10-6-7-11(15-14-10)16-9-5-8-13-4/h6-7,13H,5,8-9H2,1-4H3. The molecule has 0 spiro atoms. The molecule has 1 rings (SSSR count).